The topological polar surface area (TPSA) is 77.5 Å². The van der Waals surface area contributed by atoms with E-state index in [0.29, 0.717) is 10.6 Å². The van der Waals surface area contributed by atoms with Gasteiger partial charge in [0, 0.05) is 20.3 Å². The van der Waals surface area contributed by atoms with E-state index in [0.717, 1.165) is 9.75 Å². The van der Waals surface area contributed by atoms with Gasteiger partial charge in [-0.3, -0.25) is 9.59 Å². The van der Waals surface area contributed by atoms with E-state index in [4.69, 9.17) is 16.3 Å². The van der Waals surface area contributed by atoms with Gasteiger partial charge in [0.15, 0.2) is 21.2 Å². The molecule has 1 heterocycles. The minimum absolute atomic E-state index is 0.0204. The molecule has 0 amide bonds. The van der Waals surface area contributed by atoms with Gasteiger partial charge in [-0.25, -0.2) is 8.42 Å². The Kier molecular flexibility index (Phi) is 4.98. The number of ketones is 1. The molecule has 1 aromatic heterocycles. The van der Waals surface area contributed by atoms with Crippen LogP contribution >= 0.6 is 22.9 Å². The zero-order valence-corrected chi connectivity index (χ0v) is 16.6. The Morgan fingerprint density at radius 3 is 2.31 bits per heavy atom. The van der Waals surface area contributed by atoms with E-state index >= 15 is 0 Å². The summed E-state index contributed by atoms with van der Waals surface area (Å²) in [5.41, 5.74) is 0.505. The van der Waals surface area contributed by atoms with E-state index in [1.54, 1.807) is 6.07 Å². The van der Waals surface area contributed by atoms with E-state index in [9.17, 15) is 18.0 Å². The second kappa shape index (κ2) is 6.79. The normalized spacial score (nSPS) is 15.5. The number of carbonyl (C=O) groups is 2. The lowest BCUT2D eigenvalue weighted by atomic mass is 10.2. The molecular formula is C18H17ClO5S2. The summed E-state index contributed by atoms with van der Waals surface area (Å²) >= 11 is 7.27. The Balaban J connectivity index is 1.74. The minimum atomic E-state index is -3.90. The number of benzene rings is 1. The Hall–Kier alpha value is -1.70. The molecule has 0 saturated heterocycles. The second-order valence-electron chi connectivity index (χ2n) is 6.28. The number of Topliss-reactive ketones (excluding diaryl/α,β-unsaturated/α-hetero) is 1. The van der Waals surface area contributed by atoms with Crippen LogP contribution in [0, 0.1) is 13.8 Å². The summed E-state index contributed by atoms with van der Waals surface area (Å²) in [5.74, 6) is -1.20. The quantitative estimate of drug-likeness (QED) is 0.533. The molecule has 3 rings (SSSR count). The molecule has 26 heavy (non-hydrogen) atoms. The largest absolute Gasteiger partial charge is 0.456 e. The van der Waals surface area contributed by atoms with Gasteiger partial charge < -0.3 is 4.74 Å². The van der Waals surface area contributed by atoms with Crippen molar-refractivity contribution in [1.82, 2.24) is 0 Å². The zero-order valence-electron chi connectivity index (χ0n) is 14.2. The Morgan fingerprint density at radius 2 is 1.81 bits per heavy atom. The molecule has 0 atom stereocenters. The summed E-state index contributed by atoms with van der Waals surface area (Å²) in [6, 6.07) is 7.40. The molecule has 138 valence electrons. The molecule has 1 fully saturated rings. The molecule has 0 N–H and O–H groups in total. The molecule has 0 spiro atoms. The lowest BCUT2D eigenvalue weighted by molar-refractivity contribution is -0.142. The summed E-state index contributed by atoms with van der Waals surface area (Å²) in [5, 5.41) is 0.406. The van der Waals surface area contributed by atoms with Crippen LogP contribution in [0.2, 0.25) is 5.02 Å². The number of ether oxygens (including phenoxy) is 1. The van der Waals surface area contributed by atoms with Crippen molar-refractivity contribution in [2.24, 2.45) is 0 Å². The second-order valence-corrected chi connectivity index (χ2v) is 10.4. The number of hydrogen-bond acceptors (Lipinski definition) is 6. The predicted molar refractivity (Wildman–Crippen MR) is 99.7 cm³/mol. The highest BCUT2D eigenvalue weighted by Gasteiger charge is 2.62. The zero-order chi connectivity index (χ0) is 19.1. The first-order valence-electron chi connectivity index (χ1n) is 7.95. The van der Waals surface area contributed by atoms with Gasteiger partial charge in [0.2, 0.25) is 5.78 Å². The first kappa shape index (κ1) is 19.1. The number of carbonyl (C=O) groups excluding carboxylic acids is 2. The number of aryl methyl sites for hydroxylation is 2. The van der Waals surface area contributed by atoms with Crippen LogP contribution in [0.5, 0.6) is 0 Å². The predicted octanol–water partition coefficient (Wildman–Crippen LogP) is 3.75. The number of esters is 1. The third-order valence-electron chi connectivity index (χ3n) is 4.39. The van der Waals surface area contributed by atoms with Crippen LogP contribution in [-0.4, -0.2) is 31.5 Å². The standard InChI is InChI=1S/C18H17ClO5S2/c1-11-9-15(12(2)25-11)16(20)10-24-17(21)18(7-8-18)26(22,23)14-5-3-13(19)4-6-14/h3-6,9H,7-8,10H2,1-2H3. The van der Waals surface area contributed by atoms with Crippen molar-refractivity contribution >= 4 is 44.5 Å². The van der Waals surface area contributed by atoms with Crippen LogP contribution in [-0.2, 0) is 19.4 Å². The summed E-state index contributed by atoms with van der Waals surface area (Å²) in [7, 11) is -3.90. The SMILES string of the molecule is Cc1cc(C(=O)COC(=O)C2(S(=O)(=O)c3ccc(Cl)cc3)CC2)c(C)s1. The highest BCUT2D eigenvalue weighted by atomic mass is 35.5. The van der Waals surface area contributed by atoms with Gasteiger partial charge in [-0.2, -0.15) is 0 Å². The number of halogens is 1. The third kappa shape index (κ3) is 3.31. The van der Waals surface area contributed by atoms with Crippen LogP contribution in [0.4, 0.5) is 0 Å². The molecule has 0 radical (unpaired) electrons. The third-order valence-corrected chi connectivity index (χ3v) is 8.10. The highest BCUT2D eigenvalue weighted by molar-refractivity contribution is 7.94. The molecular weight excluding hydrogens is 396 g/mol. The molecule has 5 nitrogen and oxygen atoms in total. The maximum absolute atomic E-state index is 12.8. The van der Waals surface area contributed by atoms with Crippen molar-refractivity contribution < 1.29 is 22.7 Å². The summed E-state index contributed by atoms with van der Waals surface area (Å²) in [6.45, 7) is 3.24. The van der Waals surface area contributed by atoms with E-state index in [1.165, 1.54) is 35.6 Å². The van der Waals surface area contributed by atoms with E-state index < -0.39 is 27.2 Å². The van der Waals surface area contributed by atoms with Crippen molar-refractivity contribution in [3.63, 3.8) is 0 Å². The van der Waals surface area contributed by atoms with Crippen molar-refractivity contribution in [1.29, 1.82) is 0 Å². The van der Waals surface area contributed by atoms with Crippen molar-refractivity contribution in [2.45, 2.75) is 36.3 Å². The molecule has 1 aliphatic rings. The van der Waals surface area contributed by atoms with Crippen LogP contribution in [0.1, 0.15) is 33.0 Å². The maximum atomic E-state index is 12.8. The number of rotatable bonds is 6. The van der Waals surface area contributed by atoms with Crippen molar-refractivity contribution in [2.75, 3.05) is 6.61 Å². The molecule has 0 unspecified atom stereocenters. The fourth-order valence-corrected chi connectivity index (χ4v) is 5.72. The summed E-state index contributed by atoms with van der Waals surface area (Å²) < 4.78 is 29.1. The molecule has 0 aliphatic heterocycles. The monoisotopic (exact) mass is 412 g/mol. The van der Waals surface area contributed by atoms with E-state index in [1.807, 2.05) is 13.8 Å². The number of sulfone groups is 1. The van der Waals surface area contributed by atoms with Crippen molar-refractivity contribution in [3.05, 3.63) is 50.7 Å². The van der Waals surface area contributed by atoms with Crippen LogP contribution in [0.25, 0.3) is 0 Å². The van der Waals surface area contributed by atoms with Crippen LogP contribution in [0.3, 0.4) is 0 Å². The van der Waals surface area contributed by atoms with Gasteiger partial charge in [0.05, 0.1) is 4.90 Å². The first-order chi connectivity index (χ1) is 12.2. The van der Waals surface area contributed by atoms with Gasteiger partial charge in [0.1, 0.15) is 0 Å². The maximum Gasteiger partial charge on any atom is 0.328 e. The van der Waals surface area contributed by atoms with Gasteiger partial charge >= 0.3 is 5.97 Å². The van der Waals surface area contributed by atoms with Crippen molar-refractivity contribution in [3.8, 4) is 0 Å². The average Bonchev–Trinajstić information content (AvgIpc) is 3.33. The fourth-order valence-electron chi connectivity index (χ4n) is 2.78. The molecule has 1 aromatic carbocycles. The number of hydrogen-bond donors (Lipinski definition) is 0. The molecule has 1 aliphatic carbocycles. The van der Waals surface area contributed by atoms with E-state index in [2.05, 4.69) is 0 Å². The fraction of sp³-hybridized carbons (Fsp3) is 0.333. The molecule has 8 heteroatoms. The van der Waals surface area contributed by atoms with E-state index in [-0.39, 0.29) is 23.5 Å². The van der Waals surface area contributed by atoms with Crippen LogP contribution < -0.4 is 0 Å². The lowest BCUT2D eigenvalue weighted by Crippen LogP contribution is -2.35. The Morgan fingerprint density at radius 1 is 1.19 bits per heavy atom. The highest BCUT2D eigenvalue weighted by Crippen LogP contribution is 2.47. The Labute approximate surface area is 160 Å². The average molecular weight is 413 g/mol. The van der Waals surface area contributed by atoms with Crippen LogP contribution in [0.15, 0.2) is 35.2 Å². The molecule has 0 bridgehead atoms. The van der Waals surface area contributed by atoms with Gasteiger partial charge in [-0.15, -0.1) is 11.3 Å². The van der Waals surface area contributed by atoms with Gasteiger partial charge in [-0.1, -0.05) is 11.6 Å². The van der Waals surface area contributed by atoms with Gasteiger partial charge in [-0.05, 0) is 57.0 Å². The molecule has 2 aromatic rings. The number of thiophene rings is 1. The Bertz CT molecular complexity index is 970. The summed E-state index contributed by atoms with van der Waals surface area (Å²) in [6.07, 6.45) is 0.364. The lowest BCUT2D eigenvalue weighted by Gasteiger charge is -2.15. The molecule has 1 saturated carbocycles. The first-order valence-corrected chi connectivity index (χ1v) is 10.6. The summed E-state index contributed by atoms with van der Waals surface area (Å²) in [4.78, 5) is 26.6. The minimum Gasteiger partial charge on any atom is -0.456 e. The smallest absolute Gasteiger partial charge is 0.328 e. The van der Waals surface area contributed by atoms with Gasteiger partial charge in [0.25, 0.3) is 0 Å².